The number of hydrogen-bond acceptors (Lipinski definition) is 4. The van der Waals surface area contributed by atoms with E-state index in [9.17, 15) is 4.79 Å². The van der Waals surface area contributed by atoms with Crippen molar-refractivity contribution in [1.82, 2.24) is 20.3 Å². The van der Waals surface area contributed by atoms with Crippen molar-refractivity contribution in [3.8, 4) is 0 Å². The summed E-state index contributed by atoms with van der Waals surface area (Å²) < 4.78 is 0. The average molecular weight is 280 g/mol. The van der Waals surface area contributed by atoms with Crippen LogP contribution in [0.1, 0.15) is 24.1 Å². The van der Waals surface area contributed by atoms with Gasteiger partial charge in [-0.3, -0.25) is 4.79 Å². The monoisotopic (exact) mass is 280 g/mol. The first-order valence-electron chi connectivity index (χ1n) is 6.83. The molecule has 2 heterocycles. The van der Waals surface area contributed by atoms with Crippen LogP contribution in [0.25, 0.3) is 10.8 Å². The predicted octanol–water partition coefficient (Wildman–Crippen LogP) is 2.17. The minimum atomic E-state index is -0.0574. The number of rotatable bonds is 4. The quantitative estimate of drug-likeness (QED) is 0.768. The third-order valence-electron chi connectivity index (χ3n) is 3.53. The summed E-state index contributed by atoms with van der Waals surface area (Å²) >= 11 is 0. The standard InChI is InChI=1S/C16H16N4O/c1-11(19-8-12-6-17-10-18-7-12)15-9-20-16(21)14-5-3-2-4-13(14)15/h2-7,9-11,19H,8H2,1H3,(H,20,21). The second-order valence-electron chi connectivity index (χ2n) is 4.97. The van der Waals surface area contributed by atoms with Crippen LogP contribution in [0.2, 0.25) is 0 Å². The molecule has 0 bridgehead atoms. The molecule has 0 spiro atoms. The van der Waals surface area contributed by atoms with Gasteiger partial charge in [-0.1, -0.05) is 18.2 Å². The summed E-state index contributed by atoms with van der Waals surface area (Å²) in [6.45, 7) is 2.75. The van der Waals surface area contributed by atoms with E-state index in [1.54, 1.807) is 18.6 Å². The van der Waals surface area contributed by atoms with E-state index in [4.69, 9.17) is 0 Å². The highest BCUT2D eigenvalue weighted by atomic mass is 16.1. The molecule has 1 aromatic carbocycles. The number of pyridine rings is 1. The van der Waals surface area contributed by atoms with E-state index >= 15 is 0 Å². The van der Waals surface area contributed by atoms with Gasteiger partial charge in [-0.25, -0.2) is 9.97 Å². The van der Waals surface area contributed by atoms with Gasteiger partial charge in [0.1, 0.15) is 6.33 Å². The van der Waals surface area contributed by atoms with Gasteiger partial charge >= 0.3 is 0 Å². The molecular formula is C16H16N4O. The molecule has 1 unspecified atom stereocenters. The summed E-state index contributed by atoms with van der Waals surface area (Å²) in [7, 11) is 0. The van der Waals surface area contributed by atoms with Crippen molar-refractivity contribution >= 4 is 10.8 Å². The Morgan fingerprint density at radius 1 is 1.19 bits per heavy atom. The molecule has 5 heteroatoms. The van der Waals surface area contributed by atoms with Crippen molar-refractivity contribution in [2.75, 3.05) is 0 Å². The first kappa shape index (κ1) is 13.5. The average Bonchev–Trinajstić information content (AvgIpc) is 2.54. The normalized spacial score (nSPS) is 12.4. The van der Waals surface area contributed by atoms with Crippen LogP contribution in [0.5, 0.6) is 0 Å². The van der Waals surface area contributed by atoms with Gasteiger partial charge in [0.15, 0.2) is 0 Å². The van der Waals surface area contributed by atoms with E-state index < -0.39 is 0 Å². The lowest BCUT2D eigenvalue weighted by molar-refractivity contribution is 0.574. The number of nitrogens with one attached hydrogen (secondary N) is 2. The molecule has 0 radical (unpaired) electrons. The first-order chi connectivity index (χ1) is 10.3. The molecule has 3 aromatic rings. The van der Waals surface area contributed by atoms with Gasteiger partial charge in [-0.15, -0.1) is 0 Å². The zero-order chi connectivity index (χ0) is 14.7. The Morgan fingerprint density at radius 2 is 1.90 bits per heavy atom. The number of fused-ring (bicyclic) bond motifs is 1. The lowest BCUT2D eigenvalue weighted by Crippen LogP contribution is -2.20. The largest absolute Gasteiger partial charge is 0.328 e. The summed E-state index contributed by atoms with van der Waals surface area (Å²) in [5.74, 6) is 0. The van der Waals surface area contributed by atoms with Crippen LogP contribution in [-0.2, 0) is 6.54 Å². The molecule has 0 amide bonds. The molecule has 2 N–H and O–H groups in total. The fourth-order valence-corrected chi connectivity index (χ4v) is 2.39. The van der Waals surface area contributed by atoms with Crippen LogP contribution in [0, 0.1) is 0 Å². The van der Waals surface area contributed by atoms with Gasteiger partial charge in [0.25, 0.3) is 5.56 Å². The van der Waals surface area contributed by atoms with Crippen molar-refractivity contribution in [2.45, 2.75) is 19.5 Å². The van der Waals surface area contributed by atoms with E-state index in [1.807, 2.05) is 24.3 Å². The Kier molecular flexibility index (Phi) is 3.75. The lowest BCUT2D eigenvalue weighted by Gasteiger charge is -2.16. The van der Waals surface area contributed by atoms with Crippen LogP contribution < -0.4 is 10.9 Å². The van der Waals surface area contributed by atoms with Gasteiger partial charge in [0, 0.05) is 42.1 Å². The molecule has 3 rings (SSSR count). The highest BCUT2D eigenvalue weighted by molar-refractivity contribution is 5.84. The van der Waals surface area contributed by atoms with Crippen LogP contribution in [0.3, 0.4) is 0 Å². The van der Waals surface area contributed by atoms with Crippen molar-refractivity contribution in [2.24, 2.45) is 0 Å². The maximum Gasteiger partial charge on any atom is 0.255 e. The first-order valence-corrected chi connectivity index (χ1v) is 6.83. The number of hydrogen-bond donors (Lipinski definition) is 2. The van der Waals surface area contributed by atoms with E-state index in [-0.39, 0.29) is 11.6 Å². The van der Waals surface area contributed by atoms with Gasteiger partial charge in [0.05, 0.1) is 0 Å². The summed E-state index contributed by atoms with van der Waals surface area (Å²) in [5.41, 5.74) is 2.04. The van der Waals surface area contributed by atoms with Gasteiger partial charge in [-0.2, -0.15) is 0 Å². The molecule has 0 fully saturated rings. The minimum Gasteiger partial charge on any atom is -0.328 e. The Bertz CT molecular complexity index is 798. The summed E-state index contributed by atoms with van der Waals surface area (Å²) in [6, 6.07) is 7.75. The van der Waals surface area contributed by atoms with Crippen molar-refractivity contribution in [3.05, 3.63) is 70.7 Å². The molecule has 5 nitrogen and oxygen atoms in total. The fraction of sp³-hybridized carbons (Fsp3) is 0.188. The maximum atomic E-state index is 11.8. The SMILES string of the molecule is CC(NCc1cncnc1)c1c[nH]c(=O)c2ccccc12. The Hall–Kier alpha value is -2.53. The molecule has 2 aromatic heterocycles. The highest BCUT2D eigenvalue weighted by Crippen LogP contribution is 2.21. The predicted molar refractivity (Wildman–Crippen MR) is 81.9 cm³/mol. The van der Waals surface area contributed by atoms with Gasteiger partial charge in [-0.05, 0) is 23.9 Å². The molecule has 0 aliphatic carbocycles. The van der Waals surface area contributed by atoms with Gasteiger partial charge < -0.3 is 10.3 Å². The van der Waals surface area contributed by atoms with E-state index in [0.717, 1.165) is 16.5 Å². The minimum absolute atomic E-state index is 0.0574. The van der Waals surface area contributed by atoms with Crippen LogP contribution >= 0.6 is 0 Å². The fourth-order valence-electron chi connectivity index (χ4n) is 2.39. The third kappa shape index (κ3) is 2.83. The second kappa shape index (κ2) is 5.85. The Labute approximate surface area is 122 Å². The number of aromatic amines is 1. The van der Waals surface area contributed by atoms with E-state index in [0.29, 0.717) is 11.9 Å². The summed E-state index contributed by atoms with van der Waals surface area (Å²) in [6.07, 6.45) is 6.88. The molecular weight excluding hydrogens is 264 g/mol. The highest BCUT2D eigenvalue weighted by Gasteiger charge is 2.10. The van der Waals surface area contributed by atoms with E-state index in [1.165, 1.54) is 6.33 Å². The second-order valence-corrected chi connectivity index (χ2v) is 4.97. The zero-order valence-corrected chi connectivity index (χ0v) is 11.7. The number of benzene rings is 1. The molecule has 1 atom stereocenters. The molecule has 0 aliphatic rings. The Morgan fingerprint density at radius 3 is 2.67 bits per heavy atom. The molecule has 0 saturated carbocycles. The molecule has 0 aliphatic heterocycles. The Balaban J connectivity index is 1.87. The van der Waals surface area contributed by atoms with E-state index in [2.05, 4.69) is 27.2 Å². The third-order valence-corrected chi connectivity index (χ3v) is 3.53. The van der Waals surface area contributed by atoms with Crippen molar-refractivity contribution < 1.29 is 0 Å². The van der Waals surface area contributed by atoms with Crippen LogP contribution in [0.15, 0.2) is 54.0 Å². The van der Waals surface area contributed by atoms with Crippen LogP contribution in [-0.4, -0.2) is 15.0 Å². The molecule has 21 heavy (non-hydrogen) atoms. The smallest absolute Gasteiger partial charge is 0.255 e. The zero-order valence-electron chi connectivity index (χ0n) is 11.7. The molecule has 0 saturated heterocycles. The topological polar surface area (TPSA) is 70.7 Å². The van der Waals surface area contributed by atoms with Crippen molar-refractivity contribution in [3.63, 3.8) is 0 Å². The maximum absolute atomic E-state index is 11.8. The van der Waals surface area contributed by atoms with Crippen LogP contribution in [0.4, 0.5) is 0 Å². The number of H-pyrrole nitrogens is 1. The van der Waals surface area contributed by atoms with Crippen molar-refractivity contribution in [1.29, 1.82) is 0 Å². The number of nitrogens with zero attached hydrogens (tertiary/aromatic N) is 2. The molecule has 106 valence electrons. The number of aromatic nitrogens is 3. The summed E-state index contributed by atoms with van der Waals surface area (Å²) in [5, 5.41) is 5.12. The van der Waals surface area contributed by atoms with Gasteiger partial charge in [0.2, 0.25) is 0 Å². The lowest BCUT2D eigenvalue weighted by atomic mass is 10.0. The summed E-state index contributed by atoms with van der Waals surface area (Å²) in [4.78, 5) is 22.6.